The molecular formula is C11H16ClNS. The molecule has 0 N–H and O–H groups in total. The van der Waals surface area contributed by atoms with E-state index in [1.54, 1.807) is 11.3 Å². The molecule has 0 bridgehead atoms. The summed E-state index contributed by atoms with van der Waals surface area (Å²) in [6.45, 7) is 4.50. The lowest BCUT2D eigenvalue weighted by Crippen LogP contribution is -2.43. The van der Waals surface area contributed by atoms with Crippen molar-refractivity contribution in [3.05, 3.63) is 22.4 Å². The Hall–Kier alpha value is -0.0500. The average Bonchev–Trinajstić information content (AvgIpc) is 2.66. The summed E-state index contributed by atoms with van der Waals surface area (Å²) in [6.07, 6.45) is 2.41. The van der Waals surface area contributed by atoms with E-state index in [-0.39, 0.29) is 0 Å². The van der Waals surface area contributed by atoms with Crippen molar-refractivity contribution in [1.29, 1.82) is 0 Å². The van der Waals surface area contributed by atoms with Crippen molar-refractivity contribution in [2.45, 2.75) is 37.7 Å². The molecule has 78 valence electrons. The lowest BCUT2D eigenvalue weighted by atomic mass is 10.0. The fourth-order valence-electron chi connectivity index (χ4n) is 2.00. The molecule has 0 radical (unpaired) electrons. The molecule has 0 amide bonds. The van der Waals surface area contributed by atoms with Crippen LogP contribution in [0.2, 0.25) is 0 Å². The van der Waals surface area contributed by atoms with E-state index in [2.05, 4.69) is 28.7 Å². The Labute approximate surface area is 94.7 Å². The maximum absolute atomic E-state index is 6.26. The van der Waals surface area contributed by atoms with Crippen LogP contribution in [-0.4, -0.2) is 22.9 Å². The molecule has 0 aliphatic carbocycles. The molecule has 1 fully saturated rings. The van der Waals surface area contributed by atoms with E-state index in [0.29, 0.717) is 11.4 Å². The Morgan fingerprint density at radius 1 is 1.64 bits per heavy atom. The van der Waals surface area contributed by atoms with Crippen LogP contribution in [0.3, 0.4) is 0 Å². The second-order valence-electron chi connectivity index (χ2n) is 4.00. The van der Waals surface area contributed by atoms with Crippen LogP contribution in [0, 0.1) is 0 Å². The normalized spacial score (nSPS) is 29.3. The monoisotopic (exact) mass is 229 g/mol. The van der Waals surface area contributed by atoms with E-state index in [1.807, 2.05) is 0 Å². The van der Waals surface area contributed by atoms with Crippen molar-refractivity contribution in [2.24, 2.45) is 0 Å². The van der Waals surface area contributed by atoms with Gasteiger partial charge in [0, 0.05) is 18.0 Å². The number of thiophene rings is 1. The van der Waals surface area contributed by atoms with Crippen molar-refractivity contribution in [3.63, 3.8) is 0 Å². The first-order valence-electron chi connectivity index (χ1n) is 5.16. The lowest BCUT2D eigenvalue weighted by molar-refractivity contribution is 0.156. The number of piperidine rings is 1. The highest BCUT2D eigenvalue weighted by Crippen LogP contribution is 2.24. The number of alkyl halides is 1. The van der Waals surface area contributed by atoms with E-state index >= 15 is 0 Å². The average molecular weight is 230 g/mol. The van der Waals surface area contributed by atoms with Crippen molar-refractivity contribution < 1.29 is 0 Å². The van der Waals surface area contributed by atoms with Gasteiger partial charge in [0.1, 0.15) is 0 Å². The molecule has 0 saturated carbocycles. The van der Waals surface area contributed by atoms with Gasteiger partial charge in [-0.05, 0) is 48.7 Å². The highest BCUT2D eigenvalue weighted by atomic mass is 35.5. The first kappa shape index (κ1) is 10.5. The first-order chi connectivity index (χ1) is 6.77. The molecule has 3 heteroatoms. The predicted molar refractivity (Wildman–Crippen MR) is 63.1 cm³/mol. The summed E-state index contributed by atoms with van der Waals surface area (Å²) in [4.78, 5) is 2.49. The molecular weight excluding hydrogens is 214 g/mol. The standard InChI is InChI=1S/C11H16ClNS/c1-9-11(12)3-2-5-13(9)7-10-4-6-14-8-10/h4,6,8-9,11H,2-3,5,7H2,1H3. The summed E-state index contributed by atoms with van der Waals surface area (Å²) >= 11 is 8.03. The van der Waals surface area contributed by atoms with Gasteiger partial charge in [-0.25, -0.2) is 0 Å². The number of likely N-dealkylation sites (tertiary alicyclic amines) is 1. The minimum atomic E-state index is 0.336. The van der Waals surface area contributed by atoms with Gasteiger partial charge in [0.15, 0.2) is 0 Å². The van der Waals surface area contributed by atoms with Crippen molar-refractivity contribution in [3.8, 4) is 0 Å². The third-order valence-electron chi connectivity index (χ3n) is 2.99. The molecule has 2 heterocycles. The number of hydrogen-bond acceptors (Lipinski definition) is 2. The van der Waals surface area contributed by atoms with Crippen LogP contribution in [0.4, 0.5) is 0 Å². The highest BCUT2D eigenvalue weighted by molar-refractivity contribution is 7.07. The van der Waals surface area contributed by atoms with Gasteiger partial charge < -0.3 is 0 Å². The molecule has 0 aromatic carbocycles. The fourth-order valence-corrected chi connectivity index (χ4v) is 2.98. The van der Waals surface area contributed by atoms with Gasteiger partial charge in [-0.1, -0.05) is 0 Å². The molecule has 1 aromatic heterocycles. The maximum atomic E-state index is 6.26. The van der Waals surface area contributed by atoms with E-state index in [9.17, 15) is 0 Å². The summed E-state index contributed by atoms with van der Waals surface area (Å²) < 4.78 is 0. The van der Waals surface area contributed by atoms with Crippen molar-refractivity contribution >= 4 is 22.9 Å². The van der Waals surface area contributed by atoms with Gasteiger partial charge in [0.2, 0.25) is 0 Å². The zero-order valence-electron chi connectivity index (χ0n) is 8.45. The molecule has 14 heavy (non-hydrogen) atoms. The Morgan fingerprint density at radius 2 is 2.50 bits per heavy atom. The van der Waals surface area contributed by atoms with Gasteiger partial charge in [-0.3, -0.25) is 4.90 Å². The maximum Gasteiger partial charge on any atom is 0.0489 e. The van der Waals surface area contributed by atoms with Crippen LogP contribution in [0.1, 0.15) is 25.3 Å². The third kappa shape index (κ3) is 2.30. The minimum Gasteiger partial charge on any atom is -0.295 e. The molecule has 2 rings (SSSR count). The van der Waals surface area contributed by atoms with Gasteiger partial charge in [0.25, 0.3) is 0 Å². The van der Waals surface area contributed by atoms with Gasteiger partial charge >= 0.3 is 0 Å². The van der Waals surface area contributed by atoms with Crippen LogP contribution in [0.5, 0.6) is 0 Å². The van der Waals surface area contributed by atoms with Crippen LogP contribution in [0.25, 0.3) is 0 Å². The molecule has 1 aliphatic rings. The Kier molecular flexibility index (Phi) is 3.47. The lowest BCUT2D eigenvalue weighted by Gasteiger charge is -2.36. The van der Waals surface area contributed by atoms with Gasteiger partial charge in [-0.15, -0.1) is 11.6 Å². The molecule has 1 aromatic rings. The number of rotatable bonds is 2. The van der Waals surface area contributed by atoms with Crippen molar-refractivity contribution in [2.75, 3.05) is 6.54 Å². The van der Waals surface area contributed by atoms with Crippen molar-refractivity contribution in [1.82, 2.24) is 4.90 Å². The first-order valence-corrected chi connectivity index (χ1v) is 6.54. The van der Waals surface area contributed by atoms with Crippen LogP contribution in [-0.2, 0) is 6.54 Å². The number of halogens is 1. The summed E-state index contributed by atoms with van der Waals surface area (Å²) in [5, 5.41) is 4.70. The summed E-state index contributed by atoms with van der Waals surface area (Å²) in [7, 11) is 0. The molecule has 1 nitrogen and oxygen atoms in total. The van der Waals surface area contributed by atoms with Gasteiger partial charge in [0.05, 0.1) is 0 Å². The second kappa shape index (κ2) is 4.65. The summed E-state index contributed by atoms with van der Waals surface area (Å²) in [5.74, 6) is 0. The predicted octanol–water partition coefficient (Wildman–Crippen LogP) is 3.34. The topological polar surface area (TPSA) is 3.24 Å². The Balaban J connectivity index is 1.97. The highest BCUT2D eigenvalue weighted by Gasteiger charge is 2.25. The quantitative estimate of drug-likeness (QED) is 0.704. The Morgan fingerprint density at radius 3 is 3.21 bits per heavy atom. The fraction of sp³-hybridized carbons (Fsp3) is 0.636. The van der Waals surface area contributed by atoms with E-state index in [4.69, 9.17) is 11.6 Å². The summed E-state index contributed by atoms with van der Waals surface area (Å²) in [6, 6.07) is 2.72. The van der Waals surface area contributed by atoms with Gasteiger partial charge in [-0.2, -0.15) is 11.3 Å². The molecule has 1 saturated heterocycles. The molecule has 1 aliphatic heterocycles. The zero-order chi connectivity index (χ0) is 9.97. The SMILES string of the molecule is CC1C(Cl)CCCN1Cc1ccsc1. The summed E-state index contributed by atoms with van der Waals surface area (Å²) in [5.41, 5.74) is 1.42. The molecule has 2 atom stereocenters. The van der Waals surface area contributed by atoms with E-state index in [0.717, 1.165) is 6.54 Å². The third-order valence-corrected chi connectivity index (χ3v) is 4.31. The van der Waals surface area contributed by atoms with Crippen LogP contribution < -0.4 is 0 Å². The van der Waals surface area contributed by atoms with E-state index < -0.39 is 0 Å². The largest absolute Gasteiger partial charge is 0.295 e. The van der Waals surface area contributed by atoms with E-state index in [1.165, 1.54) is 24.9 Å². The smallest absolute Gasteiger partial charge is 0.0489 e. The second-order valence-corrected chi connectivity index (χ2v) is 5.34. The molecule has 0 spiro atoms. The van der Waals surface area contributed by atoms with Crippen LogP contribution >= 0.6 is 22.9 Å². The minimum absolute atomic E-state index is 0.336. The molecule has 2 unspecified atom stereocenters. The Bertz CT molecular complexity index is 273. The van der Waals surface area contributed by atoms with Crippen LogP contribution in [0.15, 0.2) is 16.8 Å². The zero-order valence-corrected chi connectivity index (χ0v) is 10.0. The number of nitrogens with zero attached hydrogens (tertiary/aromatic N) is 1. The number of hydrogen-bond donors (Lipinski definition) is 0.